The molecule has 3 fully saturated rings. The lowest BCUT2D eigenvalue weighted by atomic mass is 9.85. The molecule has 40 heavy (non-hydrogen) atoms. The molecule has 2 aliphatic heterocycles. The average Bonchev–Trinajstić information content (AvgIpc) is 3.33. The minimum Gasteiger partial charge on any atom is -0.444 e. The molecule has 2 N–H and O–H groups in total. The van der Waals surface area contributed by atoms with E-state index in [1.54, 1.807) is 11.1 Å². The van der Waals surface area contributed by atoms with Crippen molar-refractivity contribution in [1.29, 1.82) is 0 Å². The van der Waals surface area contributed by atoms with Crippen molar-refractivity contribution >= 4 is 29.5 Å². The summed E-state index contributed by atoms with van der Waals surface area (Å²) in [6.45, 7) is 9.21. The zero-order chi connectivity index (χ0) is 28.3. The van der Waals surface area contributed by atoms with Crippen LogP contribution < -0.4 is 15.5 Å². The number of carbonyl (C=O) groups is 3. The molecule has 0 bridgehead atoms. The van der Waals surface area contributed by atoms with E-state index in [0.717, 1.165) is 63.7 Å². The molecule has 0 spiro atoms. The first-order valence-electron chi connectivity index (χ1n) is 14.5. The Bertz CT molecular complexity index is 1300. The van der Waals surface area contributed by atoms with Crippen molar-refractivity contribution in [2.75, 3.05) is 31.1 Å². The number of fused-ring (bicyclic) bond motifs is 1. The number of hydrogen-bond donors (Lipinski definition) is 2. The van der Waals surface area contributed by atoms with E-state index in [4.69, 9.17) is 4.74 Å². The van der Waals surface area contributed by atoms with Crippen LogP contribution in [0.15, 0.2) is 24.5 Å². The fourth-order valence-corrected chi connectivity index (χ4v) is 5.85. The first-order chi connectivity index (χ1) is 19.1. The summed E-state index contributed by atoms with van der Waals surface area (Å²) < 4.78 is 7.26. The van der Waals surface area contributed by atoms with Gasteiger partial charge < -0.3 is 15.0 Å². The molecule has 5 rings (SSSR count). The summed E-state index contributed by atoms with van der Waals surface area (Å²) in [6, 6.07) is 3.66. The Labute approximate surface area is 235 Å². The Morgan fingerprint density at radius 2 is 1.88 bits per heavy atom. The summed E-state index contributed by atoms with van der Waals surface area (Å²) in [5, 5.41) is 5.40. The van der Waals surface area contributed by atoms with Crippen molar-refractivity contribution in [3.63, 3.8) is 0 Å². The second kappa shape index (κ2) is 11.9. The first-order valence-corrected chi connectivity index (χ1v) is 14.5. The van der Waals surface area contributed by atoms with E-state index in [1.165, 1.54) is 0 Å². The summed E-state index contributed by atoms with van der Waals surface area (Å²) in [7, 11) is 0. The fraction of sp³-hybridized carbons (Fsp3) is 0.600. The number of imidazole rings is 1. The normalized spacial score (nSPS) is 22.9. The average molecular weight is 549 g/mol. The number of anilines is 1. The Morgan fingerprint density at radius 1 is 1.12 bits per heavy atom. The van der Waals surface area contributed by atoms with Gasteiger partial charge in [0.05, 0.1) is 11.8 Å². The molecule has 0 unspecified atom stereocenters. The van der Waals surface area contributed by atoms with Crippen LogP contribution in [-0.2, 0) is 9.53 Å². The molecule has 4 heterocycles. The molecule has 0 aromatic carbocycles. The molecule has 4 amide bonds. The topological polar surface area (TPSA) is 108 Å². The lowest BCUT2D eigenvalue weighted by Gasteiger charge is -2.36. The number of rotatable bonds is 4. The third kappa shape index (κ3) is 6.94. The van der Waals surface area contributed by atoms with Crippen molar-refractivity contribution in [3.8, 4) is 11.8 Å². The van der Waals surface area contributed by atoms with E-state index in [2.05, 4.69) is 32.4 Å². The van der Waals surface area contributed by atoms with Crippen LogP contribution in [0.25, 0.3) is 5.65 Å². The molecule has 1 saturated carbocycles. The Kier molecular flexibility index (Phi) is 8.31. The number of ether oxygens (including phenoxy) is 1. The molecular formula is C30H40N6O4. The monoisotopic (exact) mass is 548 g/mol. The van der Waals surface area contributed by atoms with Crippen LogP contribution in [-0.4, -0.2) is 70.1 Å². The third-order valence-electron chi connectivity index (χ3n) is 7.93. The third-order valence-corrected chi connectivity index (χ3v) is 7.93. The molecule has 0 radical (unpaired) electrons. The largest absolute Gasteiger partial charge is 0.444 e. The quantitative estimate of drug-likeness (QED) is 0.561. The number of amides is 4. The summed E-state index contributed by atoms with van der Waals surface area (Å²) in [6.07, 6.45) is 9.86. The highest BCUT2D eigenvalue weighted by atomic mass is 16.6. The highest BCUT2D eigenvalue weighted by Crippen LogP contribution is 2.27. The van der Waals surface area contributed by atoms with Gasteiger partial charge in [-0.15, -0.1) is 0 Å². The van der Waals surface area contributed by atoms with Crippen LogP contribution in [0.5, 0.6) is 0 Å². The summed E-state index contributed by atoms with van der Waals surface area (Å²) in [4.78, 5) is 44.6. The summed E-state index contributed by atoms with van der Waals surface area (Å²) in [5.41, 5.74) is 1.08. The van der Waals surface area contributed by atoms with Crippen LogP contribution in [0.2, 0.25) is 0 Å². The van der Waals surface area contributed by atoms with Gasteiger partial charge in [0, 0.05) is 37.7 Å². The predicted octanol–water partition coefficient (Wildman–Crippen LogP) is 3.93. The first kappa shape index (κ1) is 28.0. The molecule has 2 saturated heterocycles. The highest BCUT2D eigenvalue weighted by molar-refractivity contribution is 6.05. The van der Waals surface area contributed by atoms with E-state index in [1.807, 2.05) is 43.5 Å². The van der Waals surface area contributed by atoms with Gasteiger partial charge in [-0.3, -0.25) is 19.4 Å². The number of piperidine rings is 1. The number of pyridine rings is 1. The number of hydrogen-bond acceptors (Lipinski definition) is 6. The molecule has 2 aromatic rings. The van der Waals surface area contributed by atoms with E-state index in [9.17, 15) is 14.4 Å². The minimum absolute atomic E-state index is 0.212. The number of nitrogens with one attached hydrogen (secondary N) is 2. The Balaban J connectivity index is 1.10. The lowest BCUT2D eigenvalue weighted by molar-refractivity contribution is -0.120. The standard InChI is InChI=1S/C30H40N6O4/c1-30(2,3)40-29(39)32-24-10-7-22(8-11-24)20-34-16-12-21(13-17-34)6-9-23-5-4-15-35-26(19-31-27(23)35)36-18-14-25(37)33-28(36)38/h4-5,15,19,21-22,24H,7-8,10-14,16-18,20H2,1-3H3,(H,32,39)(H,33,37,38)/t22-,24-. The molecule has 0 atom stereocenters. The molecule has 1 aliphatic carbocycles. The molecule has 10 nitrogen and oxygen atoms in total. The maximum absolute atomic E-state index is 12.3. The van der Waals surface area contributed by atoms with Crippen molar-refractivity contribution < 1.29 is 19.1 Å². The zero-order valence-electron chi connectivity index (χ0n) is 23.7. The number of nitrogens with zero attached hydrogens (tertiary/aromatic N) is 4. The number of carbonyl (C=O) groups excluding carboxylic acids is 3. The van der Waals surface area contributed by atoms with Gasteiger partial charge in [-0.25, -0.2) is 14.6 Å². The van der Waals surface area contributed by atoms with Crippen molar-refractivity contribution in [3.05, 3.63) is 30.1 Å². The van der Waals surface area contributed by atoms with Crippen molar-refractivity contribution in [2.45, 2.75) is 77.4 Å². The van der Waals surface area contributed by atoms with Gasteiger partial charge in [-0.05, 0) is 90.4 Å². The van der Waals surface area contributed by atoms with E-state index >= 15 is 0 Å². The van der Waals surface area contributed by atoms with Crippen molar-refractivity contribution in [1.82, 2.24) is 24.9 Å². The number of aromatic nitrogens is 2. The molecule has 3 aliphatic rings. The second-order valence-electron chi connectivity index (χ2n) is 12.2. The van der Waals surface area contributed by atoms with E-state index in [-0.39, 0.29) is 24.5 Å². The van der Waals surface area contributed by atoms with Gasteiger partial charge in [-0.1, -0.05) is 11.8 Å². The number of urea groups is 1. The molecule has 214 valence electrons. The SMILES string of the molecule is CC(C)(C)OC(=O)N[C@H]1CC[C@H](CN2CCC(C#Cc3cccn4c(N5CCC(=O)NC5=O)cnc34)CC2)CC1. The smallest absolute Gasteiger partial charge is 0.407 e. The molecule has 2 aromatic heterocycles. The van der Waals surface area contributed by atoms with Gasteiger partial charge in [0.2, 0.25) is 5.91 Å². The lowest BCUT2D eigenvalue weighted by Crippen LogP contribution is -2.50. The van der Waals surface area contributed by atoms with Crippen LogP contribution in [0.4, 0.5) is 15.4 Å². The van der Waals surface area contributed by atoms with Crippen LogP contribution in [0.3, 0.4) is 0 Å². The molecular weight excluding hydrogens is 508 g/mol. The fourth-order valence-electron chi connectivity index (χ4n) is 5.85. The van der Waals surface area contributed by atoms with E-state index in [0.29, 0.717) is 29.8 Å². The van der Waals surface area contributed by atoms with Gasteiger partial charge >= 0.3 is 12.1 Å². The summed E-state index contributed by atoms with van der Waals surface area (Å²) >= 11 is 0. The number of alkyl carbamates (subject to hydrolysis) is 1. The van der Waals surface area contributed by atoms with Gasteiger partial charge in [-0.2, -0.15) is 0 Å². The maximum Gasteiger partial charge on any atom is 0.407 e. The van der Waals surface area contributed by atoms with Gasteiger partial charge in [0.1, 0.15) is 11.4 Å². The van der Waals surface area contributed by atoms with Crippen LogP contribution in [0, 0.1) is 23.7 Å². The van der Waals surface area contributed by atoms with Crippen molar-refractivity contribution in [2.24, 2.45) is 11.8 Å². The van der Waals surface area contributed by atoms with Crippen LogP contribution >= 0.6 is 0 Å². The maximum atomic E-state index is 12.3. The van der Waals surface area contributed by atoms with E-state index < -0.39 is 11.6 Å². The predicted molar refractivity (Wildman–Crippen MR) is 152 cm³/mol. The Morgan fingerprint density at radius 3 is 2.58 bits per heavy atom. The van der Waals surface area contributed by atoms with Gasteiger partial charge in [0.15, 0.2) is 5.65 Å². The van der Waals surface area contributed by atoms with Crippen LogP contribution in [0.1, 0.15) is 71.3 Å². The molecule has 10 heteroatoms. The highest BCUT2D eigenvalue weighted by Gasteiger charge is 2.28. The zero-order valence-corrected chi connectivity index (χ0v) is 23.7. The summed E-state index contributed by atoms with van der Waals surface area (Å²) in [5.74, 6) is 8.22. The second-order valence-corrected chi connectivity index (χ2v) is 12.2. The number of likely N-dealkylation sites (tertiary alicyclic amines) is 1. The van der Waals surface area contributed by atoms with Gasteiger partial charge in [0.25, 0.3) is 0 Å². The Hall–Kier alpha value is -3.58. The number of imide groups is 1. The minimum atomic E-state index is -0.468.